The van der Waals surface area contributed by atoms with Gasteiger partial charge >= 0.3 is 5.69 Å². The van der Waals surface area contributed by atoms with Crippen LogP contribution in [-0.2, 0) is 0 Å². The molecule has 1 aliphatic heterocycles. The first kappa shape index (κ1) is 14.3. The predicted molar refractivity (Wildman–Crippen MR) is 79.6 cm³/mol. The molecule has 0 aromatic heterocycles. The predicted octanol–water partition coefficient (Wildman–Crippen LogP) is 1.96. The fourth-order valence-electron chi connectivity index (χ4n) is 3.19. The number of nitrogens with one attached hydrogen (secondary N) is 1. The largest absolute Gasteiger partial charge is 0.490 e. The average Bonchev–Trinajstić information content (AvgIpc) is 3.33. The van der Waals surface area contributed by atoms with Crippen LogP contribution in [0, 0.1) is 16.0 Å². The minimum absolute atomic E-state index is 0.0655. The van der Waals surface area contributed by atoms with Crippen molar-refractivity contribution in [2.45, 2.75) is 18.9 Å². The number of ether oxygens (including phenoxy) is 1. The summed E-state index contributed by atoms with van der Waals surface area (Å²) in [6, 6.07) is 5.71. The Kier molecular flexibility index (Phi) is 4.07. The van der Waals surface area contributed by atoms with E-state index in [2.05, 4.69) is 10.2 Å². The van der Waals surface area contributed by atoms with Gasteiger partial charge in [0, 0.05) is 38.3 Å². The maximum absolute atomic E-state index is 11.2. The van der Waals surface area contributed by atoms with Crippen LogP contribution >= 0.6 is 0 Å². The van der Waals surface area contributed by atoms with Crippen molar-refractivity contribution in [2.75, 3.05) is 33.3 Å². The van der Waals surface area contributed by atoms with Crippen molar-refractivity contribution in [1.82, 2.24) is 10.2 Å². The summed E-state index contributed by atoms with van der Waals surface area (Å²) in [7, 11) is 1.47. The second-order valence-electron chi connectivity index (χ2n) is 5.76. The molecule has 114 valence electrons. The van der Waals surface area contributed by atoms with Crippen LogP contribution in [-0.4, -0.2) is 43.1 Å². The van der Waals surface area contributed by atoms with E-state index in [0.29, 0.717) is 17.7 Å². The molecule has 6 nitrogen and oxygen atoms in total. The normalized spacial score (nSPS) is 21.0. The summed E-state index contributed by atoms with van der Waals surface area (Å²) in [5.74, 6) is 0.967. The fourth-order valence-corrected chi connectivity index (χ4v) is 3.19. The molecule has 3 rings (SSSR count). The van der Waals surface area contributed by atoms with Gasteiger partial charge < -0.3 is 10.1 Å². The molecule has 1 saturated carbocycles. The van der Waals surface area contributed by atoms with E-state index in [4.69, 9.17) is 4.74 Å². The molecule has 1 aromatic rings. The monoisotopic (exact) mass is 291 g/mol. The minimum atomic E-state index is -0.357. The van der Waals surface area contributed by atoms with Crippen molar-refractivity contribution in [3.05, 3.63) is 33.9 Å². The van der Waals surface area contributed by atoms with Gasteiger partial charge in [0.1, 0.15) is 0 Å². The first-order valence-electron chi connectivity index (χ1n) is 7.48. The summed E-state index contributed by atoms with van der Waals surface area (Å²) >= 11 is 0. The Balaban J connectivity index is 1.91. The van der Waals surface area contributed by atoms with Gasteiger partial charge in [-0.3, -0.25) is 15.0 Å². The van der Waals surface area contributed by atoms with Gasteiger partial charge in [0.25, 0.3) is 0 Å². The van der Waals surface area contributed by atoms with Crippen molar-refractivity contribution in [1.29, 1.82) is 0 Å². The lowest BCUT2D eigenvalue weighted by Gasteiger charge is -2.35. The summed E-state index contributed by atoms with van der Waals surface area (Å²) in [5, 5.41) is 14.6. The number of piperazine rings is 1. The molecule has 0 bridgehead atoms. The molecule has 1 aliphatic carbocycles. The van der Waals surface area contributed by atoms with Crippen LogP contribution in [0.25, 0.3) is 0 Å². The van der Waals surface area contributed by atoms with Crippen LogP contribution in [0.15, 0.2) is 18.2 Å². The molecule has 1 N–H and O–H groups in total. The van der Waals surface area contributed by atoms with Crippen LogP contribution in [0.4, 0.5) is 5.69 Å². The third kappa shape index (κ3) is 3.01. The lowest BCUT2D eigenvalue weighted by atomic mass is 9.99. The molecule has 0 amide bonds. The highest BCUT2D eigenvalue weighted by atomic mass is 16.6. The highest BCUT2D eigenvalue weighted by molar-refractivity contribution is 5.49. The molecule has 0 unspecified atom stereocenters. The number of benzene rings is 1. The highest BCUT2D eigenvalue weighted by Gasteiger charge is 2.37. The van der Waals surface area contributed by atoms with E-state index >= 15 is 0 Å². The Morgan fingerprint density at radius 3 is 2.67 bits per heavy atom. The quantitative estimate of drug-likeness (QED) is 0.663. The van der Waals surface area contributed by atoms with Crippen LogP contribution in [0.2, 0.25) is 0 Å². The van der Waals surface area contributed by atoms with E-state index in [9.17, 15) is 10.1 Å². The standard InChI is InChI=1S/C15H21N3O3/c1-21-14-5-4-12(10-13(14)18(19)20)15(11-2-3-11)17-8-6-16-7-9-17/h4-5,10-11,15-16H,2-3,6-9H2,1H3/t15-/m0/s1. The number of rotatable bonds is 5. The highest BCUT2D eigenvalue weighted by Crippen LogP contribution is 2.46. The zero-order valence-corrected chi connectivity index (χ0v) is 12.2. The van der Waals surface area contributed by atoms with Crippen molar-refractivity contribution < 1.29 is 9.66 Å². The van der Waals surface area contributed by atoms with Crippen molar-refractivity contribution in [3.63, 3.8) is 0 Å². The van der Waals surface area contributed by atoms with Gasteiger partial charge in [-0.2, -0.15) is 0 Å². The Bertz CT molecular complexity index is 525. The Morgan fingerprint density at radius 2 is 2.10 bits per heavy atom. The van der Waals surface area contributed by atoms with Crippen molar-refractivity contribution in [2.24, 2.45) is 5.92 Å². The summed E-state index contributed by atoms with van der Waals surface area (Å²) in [4.78, 5) is 13.3. The summed E-state index contributed by atoms with van der Waals surface area (Å²) < 4.78 is 5.10. The molecule has 1 saturated heterocycles. The maximum Gasteiger partial charge on any atom is 0.311 e. The smallest absolute Gasteiger partial charge is 0.311 e. The second-order valence-corrected chi connectivity index (χ2v) is 5.76. The molecule has 6 heteroatoms. The van der Waals surface area contributed by atoms with Crippen LogP contribution in [0.5, 0.6) is 5.75 Å². The van der Waals surface area contributed by atoms with Crippen molar-refractivity contribution in [3.8, 4) is 5.75 Å². The minimum Gasteiger partial charge on any atom is -0.490 e. The van der Waals surface area contributed by atoms with Crippen molar-refractivity contribution >= 4 is 5.69 Å². The number of methoxy groups -OCH3 is 1. The average molecular weight is 291 g/mol. The van der Waals surface area contributed by atoms with Gasteiger partial charge in [-0.05, 0) is 30.4 Å². The van der Waals surface area contributed by atoms with E-state index in [1.807, 2.05) is 6.07 Å². The van der Waals surface area contributed by atoms with Gasteiger partial charge in [-0.25, -0.2) is 0 Å². The van der Waals surface area contributed by atoms with Crippen LogP contribution < -0.4 is 10.1 Å². The van der Waals surface area contributed by atoms with E-state index in [0.717, 1.165) is 31.7 Å². The third-order valence-corrected chi connectivity index (χ3v) is 4.35. The van der Waals surface area contributed by atoms with Gasteiger partial charge in [0.15, 0.2) is 5.75 Å². The lowest BCUT2D eigenvalue weighted by Crippen LogP contribution is -2.45. The molecular weight excluding hydrogens is 270 g/mol. The molecule has 2 aliphatic rings. The Labute approximate surface area is 124 Å². The van der Waals surface area contributed by atoms with Crippen LogP contribution in [0.1, 0.15) is 24.4 Å². The van der Waals surface area contributed by atoms with E-state index in [1.54, 1.807) is 12.1 Å². The molecule has 0 radical (unpaired) electrons. The number of nitro groups is 1. The summed E-state index contributed by atoms with van der Waals surface area (Å²) in [6.45, 7) is 3.98. The topological polar surface area (TPSA) is 67.6 Å². The summed E-state index contributed by atoms with van der Waals surface area (Å²) in [5.41, 5.74) is 1.11. The number of nitro benzene ring substituents is 1. The third-order valence-electron chi connectivity index (χ3n) is 4.35. The second kappa shape index (κ2) is 5.99. The van der Waals surface area contributed by atoms with E-state index in [1.165, 1.54) is 20.0 Å². The van der Waals surface area contributed by atoms with E-state index in [-0.39, 0.29) is 10.6 Å². The first-order chi connectivity index (χ1) is 10.2. The maximum atomic E-state index is 11.2. The number of hydrogen-bond acceptors (Lipinski definition) is 5. The molecule has 1 heterocycles. The molecule has 0 spiro atoms. The van der Waals surface area contributed by atoms with Gasteiger partial charge in [0.05, 0.1) is 12.0 Å². The first-order valence-corrected chi connectivity index (χ1v) is 7.48. The molecule has 1 atom stereocenters. The molecule has 2 fully saturated rings. The molecular formula is C15H21N3O3. The molecule has 1 aromatic carbocycles. The van der Waals surface area contributed by atoms with Gasteiger partial charge in [-0.1, -0.05) is 6.07 Å². The Morgan fingerprint density at radius 1 is 1.38 bits per heavy atom. The molecule has 21 heavy (non-hydrogen) atoms. The van der Waals surface area contributed by atoms with Crippen LogP contribution in [0.3, 0.4) is 0 Å². The zero-order chi connectivity index (χ0) is 14.8. The van der Waals surface area contributed by atoms with E-state index < -0.39 is 0 Å². The number of nitrogens with zero attached hydrogens (tertiary/aromatic N) is 2. The van der Waals surface area contributed by atoms with Gasteiger partial charge in [0.2, 0.25) is 0 Å². The Hall–Kier alpha value is -1.66. The fraction of sp³-hybridized carbons (Fsp3) is 0.600. The SMILES string of the molecule is COc1ccc([C@H](C2CC2)N2CCNCC2)cc1[N+](=O)[O-]. The summed E-state index contributed by atoms with van der Waals surface area (Å²) in [6.07, 6.45) is 2.43. The van der Waals surface area contributed by atoms with Gasteiger partial charge in [-0.15, -0.1) is 0 Å². The number of hydrogen-bond donors (Lipinski definition) is 1. The lowest BCUT2D eigenvalue weighted by molar-refractivity contribution is -0.385. The zero-order valence-electron chi connectivity index (χ0n) is 12.2.